The molecular formula is C16H17N5O2S. The number of benzene rings is 1. The molecule has 124 valence electrons. The molecule has 1 heterocycles. The Morgan fingerprint density at radius 1 is 1.29 bits per heavy atom. The van der Waals surface area contributed by atoms with E-state index in [1.165, 1.54) is 18.6 Å². The molecule has 0 bridgehead atoms. The van der Waals surface area contributed by atoms with Crippen LogP contribution in [0, 0.1) is 11.3 Å². The van der Waals surface area contributed by atoms with E-state index < -0.39 is 10.0 Å². The number of aromatic nitrogens is 2. The average molecular weight is 343 g/mol. The second-order valence-corrected chi connectivity index (χ2v) is 6.41. The predicted octanol–water partition coefficient (Wildman–Crippen LogP) is 2.02. The van der Waals surface area contributed by atoms with E-state index in [1.54, 1.807) is 12.1 Å². The molecule has 0 N–H and O–H groups in total. The molecule has 1 aromatic heterocycles. The lowest BCUT2D eigenvalue weighted by atomic mass is 10.2. The van der Waals surface area contributed by atoms with Crippen molar-refractivity contribution in [2.75, 3.05) is 18.0 Å². The molecule has 2 aromatic rings. The number of nitriles is 1. The Balaban J connectivity index is 2.13. The molecule has 0 saturated carbocycles. The summed E-state index contributed by atoms with van der Waals surface area (Å²) in [6.07, 6.45) is 5.59. The summed E-state index contributed by atoms with van der Waals surface area (Å²) >= 11 is 0. The lowest BCUT2D eigenvalue weighted by Gasteiger charge is -2.21. The van der Waals surface area contributed by atoms with Gasteiger partial charge in [0.05, 0.1) is 18.7 Å². The van der Waals surface area contributed by atoms with Gasteiger partial charge in [-0.15, -0.1) is 0 Å². The average Bonchev–Trinajstić information content (AvgIpc) is 2.62. The maximum atomic E-state index is 12.0. The minimum absolute atomic E-state index is 0.188. The highest BCUT2D eigenvalue weighted by Gasteiger charge is 2.13. The monoisotopic (exact) mass is 343 g/mol. The summed E-state index contributed by atoms with van der Waals surface area (Å²) in [5, 5.41) is 8.49. The quantitative estimate of drug-likeness (QED) is 0.713. The minimum Gasteiger partial charge on any atom is -0.371 e. The van der Waals surface area contributed by atoms with Gasteiger partial charge < -0.3 is 4.90 Å². The molecule has 0 aliphatic rings. The first-order valence-electron chi connectivity index (χ1n) is 7.35. The maximum Gasteiger partial charge on any atom is 0.301 e. The Bertz CT molecular complexity index is 827. The normalized spacial score (nSPS) is 11.3. The van der Waals surface area contributed by atoms with Crippen LogP contribution in [-0.4, -0.2) is 37.7 Å². The molecule has 0 spiro atoms. The first kappa shape index (κ1) is 17.6. The van der Waals surface area contributed by atoms with E-state index >= 15 is 0 Å². The third kappa shape index (κ3) is 4.60. The Hall–Kier alpha value is -2.79. The van der Waals surface area contributed by atoms with Gasteiger partial charge >= 0.3 is 10.0 Å². The molecule has 2 rings (SSSR count). The standard InChI is InChI=1S/C16H17N5O2S/c1-2-21(11-3-8-17)15-6-4-14(5-7-15)12-20-24(22,23)16-13-18-9-10-19-16/h4-7,9-10,12-13H,2-3,11H2,1H3. The van der Waals surface area contributed by atoms with E-state index in [4.69, 9.17) is 5.26 Å². The summed E-state index contributed by atoms with van der Waals surface area (Å²) in [6, 6.07) is 9.43. The van der Waals surface area contributed by atoms with Gasteiger partial charge in [-0.05, 0) is 24.6 Å². The van der Waals surface area contributed by atoms with Crippen molar-refractivity contribution in [2.24, 2.45) is 4.40 Å². The molecule has 7 nitrogen and oxygen atoms in total. The Kier molecular flexibility index (Phi) is 5.98. The van der Waals surface area contributed by atoms with Gasteiger partial charge in [0.25, 0.3) is 0 Å². The fourth-order valence-corrected chi connectivity index (χ4v) is 2.79. The van der Waals surface area contributed by atoms with Gasteiger partial charge in [0.15, 0.2) is 5.03 Å². The van der Waals surface area contributed by atoms with Gasteiger partial charge in [-0.3, -0.25) is 4.98 Å². The van der Waals surface area contributed by atoms with Crippen LogP contribution in [0.3, 0.4) is 0 Å². The molecular weight excluding hydrogens is 326 g/mol. The lowest BCUT2D eigenvalue weighted by Crippen LogP contribution is -2.23. The highest BCUT2D eigenvalue weighted by molar-refractivity contribution is 7.90. The van der Waals surface area contributed by atoms with Crippen LogP contribution in [0.15, 0.2) is 52.3 Å². The molecule has 0 fully saturated rings. The zero-order chi connectivity index (χ0) is 17.4. The van der Waals surface area contributed by atoms with Crippen molar-refractivity contribution in [3.8, 4) is 6.07 Å². The zero-order valence-electron chi connectivity index (χ0n) is 13.2. The fraction of sp³-hybridized carbons (Fsp3) is 0.250. The Labute approximate surface area is 141 Å². The number of rotatable bonds is 7. The van der Waals surface area contributed by atoms with Crippen molar-refractivity contribution in [1.29, 1.82) is 5.26 Å². The van der Waals surface area contributed by atoms with Crippen LogP contribution in [0.4, 0.5) is 5.69 Å². The highest BCUT2D eigenvalue weighted by Crippen LogP contribution is 2.15. The van der Waals surface area contributed by atoms with Crippen molar-refractivity contribution in [3.05, 3.63) is 48.4 Å². The van der Waals surface area contributed by atoms with Crippen LogP contribution >= 0.6 is 0 Å². The molecule has 0 aliphatic carbocycles. The van der Waals surface area contributed by atoms with E-state index in [0.717, 1.165) is 18.4 Å². The van der Waals surface area contributed by atoms with Crippen molar-refractivity contribution >= 4 is 21.9 Å². The summed E-state index contributed by atoms with van der Waals surface area (Å²) < 4.78 is 27.6. The Morgan fingerprint density at radius 2 is 2.04 bits per heavy atom. The smallest absolute Gasteiger partial charge is 0.301 e. The topological polar surface area (TPSA) is 99.3 Å². The molecule has 0 aliphatic heterocycles. The van der Waals surface area contributed by atoms with Crippen LogP contribution < -0.4 is 4.90 Å². The number of sulfonamides is 1. The minimum atomic E-state index is -3.85. The molecule has 0 radical (unpaired) electrons. The summed E-state index contributed by atoms with van der Waals surface area (Å²) in [4.78, 5) is 9.54. The zero-order valence-corrected chi connectivity index (χ0v) is 14.0. The van der Waals surface area contributed by atoms with Crippen molar-refractivity contribution in [1.82, 2.24) is 9.97 Å². The van der Waals surface area contributed by atoms with Gasteiger partial charge in [-0.2, -0.15) is 18.1 Å². The second-order valence-electron chi connectivity index (χ2n) is 4.83. The van der Waals surface area contributed by atoms with Crippen LogP contribution in [0.2, 0.25) is 0 Å². The molecule has 1 aromatic carbocycles. The van der Waals surface area contributed by atoms with E-state index in [1.807, 2.05) is 19.1 Å². The predicted molar refractivity (Wildman–Crippen MR) is 91.4 cm³/mol. The summed E-state index contributed by atoms with van der Waals surface area (Å²) in [5.41, 5.74) is 1.63. The Morgan fingerprint density at radius 3 is 2.62 bits per heavy atom. The van der Waals surface area contributed by atoms with Gasteiger partial charge in [0.1, 0.15) is 0 Å². The van der Waals surface area contributed by atoms with E-state index in [-0.39, 0.29) is 5.03 Å². The second kappa shape index (κ2) is 8.17. The van der Waals surface area contributed by atoms with Crippen molar-refractivity contribution in [2.45, 2.75) is 18.4 Å². The SMILES string of the molecule is CCN(CCC#N)c1ccc(C=NS(=O)(=O)c2cnccn2)cc1. The van der Waals surface area contributed by atoms with Crippen LogP contribution in [-0.2, 0) is 10.0 Å². The molecule has 24 heavy (non-hydrogen) atoms. The number of hydrogen-bond donors (Lipinski definition) is 0. The van der Waals surface area contributed by atoms with E-state index in [0.29, 0.717) is 18.5 Å². The maximum absolute atomic E-state index is 12.0. The van der Waals surface area contributed by atoms with Crippen LogP contribution in [0.5, 0.6) is 0 Å². The molecule has 0 atom stereocenters. The molecule has 0 unspecified atom stereocenters. The number of anilines is 1. The summed E-state index contributed by atoms with van der Waals surface area (Å²) in [5.74, 6) is 0. The number of hydrogen-bond acceptors (Lipinski definition) is 6. The van der Waals surface area contributed by atoms with Crippen LogP contribution in [0.25, 0.3) is 0 Å². The molecule has 8 heteroatoms. The van der Waals surface area contributed by atoms with Gasteiger partial charge in [-0.1, -0.05) is 12.1 Å². The van der Waals surface area contributed by atoms with E-state index in [2.05, 4.69) is 25.3 Å². The summed E-state index contributed by atoms with van der Waals surface area (Å²) in [7, 11) is -3.85. The van der Waals surface area contributed by atoms with Gasteiger partial charge in [0.2, 0.25) is 0 Å². The fourth-order valence-electron chi connectivity index (χ4n) is 2.03. The van der Waals surface area contributed by atoms with Crippen molar-refractivity contribution in [3.63, 3.8) is 0 Å². The molecule has 0 saturated heterocycles. The number of nitrogens with zero attached hydrogens (tertiary/aromatic N) is 5. The third-order valence-corrected chi connectivity index (χ3v) is 4.40. The van der Waals surface area contributed by atoms with Gasteiger partial charge in [-0.25, -0.2) is 4.98 Å². The van der Waals surface area contributed by atoms with Gasteiger partial charge in [0, 0.05) is 37.4 Å². The largest absolute Gasteiger partial charge is 0.371 e. The van der Waals surface area contributed by atoms with Crippen LogP contribution in [0.1, 0.15) is 18.9 Å². The van der Waals surface area contributed by atoms with Crippen molar-refractivity contribution < 1.29 is 8.42 Å². The lowest BCUT2D eigenvalue weighted by molar-refractivity contribution is 0.594. The third-order valence-electron chi connectivity index (χ3n) is 3.28. The summed E-state index contributed by atoms with van der Waals surface area (Å²) in [6.45, 7) is 3.46. The van der Waals surface area contributed by atoms with E-state index in [9.17, 15) is 8.42 Å². The first-order chi connectivity index (χ1) is 11.6. The first-order valence-corrected chi connectivity index (χ1v) is 8.79. The molecule has 0 amide bonds. The highest BCUT2D eigenvalue weighted by atomic mass is 32.2.